The van der Waals surface area contributed by atoms with E-state index in [0.29, 0.717) is 11.7 Å². The van der Waals surface area contributed by atoms with E-state index in [0.717, 1.165) is 24.8 Å². The van der Waals surface area contributed by atoms with Gasteiger partial charge >= 0.3 is 0 Å². The summed E-state index contributed by atoms with van der Waals surface area (Å²) in [6.45, 7) is 1.69. The van der Waals surface area contributed by atoms with Crippen molar-refractivity contribution in [1.82, 2.24) is 4.90 Å². The predicted molar refractivity (Wildman–Crippen MR) is 61.1 cm³/mol. The molecule has 3 nitrogen and oxygen atoms in total. The van der Waals surface area contributed by atoms with Gasteiger partial charge in [0.1, 0.15) is 0 Å². The zero-order chi connectivity index (χ0) is 10.7. The Hall–Kier alpha value is -0.770. The van der Waals surface area contributed by atoms with Gasteiger partial charge in [0.15, 0.2) is 5.76 Å². The van der Waals surface area contributed by atoms with Crippen LogP contribution in [0, 0.1) is 5.92 Å². The van der Waals surface area contributed by atoms with E-state index in [1.54, 1.807) is 18.4 Å². The summed E-state index contributed by atoms with van der Waals surface area (Å²) in [4.78, 5) is 13.8. The zero-order valence-corrected chi connectivity index (χ0v) is 10.1. The summed E-state index contributed by atoms with van der Waals surface area (Å²) in [7, 11) is 0. The van der Waals surface area contributed by atoms with Crippen LogP contribution in [0.25, 0.3) is 0 Å². The van der Waals surface area contributed by atoms with Crippen molar-refractivity contribution in [3.63, 3.8) is 0 Å². The molecule has 0 N–H and O–H groups in total. The Morgan fingerprint density at radius 1 is 1.67 bits per heavy atom. The van der Waals surface area contributed by atoms with E-state index in [4.69, 9.17) is 4.42 Å². The summed E-state index contributed by atoms with van der Waals surface area (Å²) < 4.78 is 5.11. The monoisotopic (exact) mass is 271 g/mol. The van der Waals surface area contributed by atoms with Crippen LogP contribution in [0.4, 0.5) is 0 Å². The first-order chi connectivity index (χ1) is 7.31. The van der Waals surface area contributed by atoms with Crippen molar-refractivity contribution in [3.05, 3.63) is 24.2 Å². The molecular weight excluding hydrogens is 258 g/mol. The molecule has 82 valence electrons. The fraction of sp³-hybridized carbons (Fsp3) is 0.545. The van der Waals surface area contributed by atoms with E-state index in [9.17, 15) is 4.79 Å². The molecule has 0 bridgehead atoms. The molecule has 2 rings (SSSR count). The number of amides is 1. The molecule has 1 aromatic rings. The van der Waals surface area contributed by atoms with Crippen molar-refractivity contribution in [3.8, 4) is 0 Å². The molecule has 1 aliphatic heterocycles. The molecule has 2 heterocycles. The van der Waals surface area contributed by atoms with Crippen molar-refractivity contribution in [2.45, 2.75) is 12.8 Å². The van der Waals surface area contributed by atoms with E-state index in [-0.39, 0.29) is 5.91 Å². The molecule has 0 radical (unpaired) electrons. The van der Waals surface area contributed by atoms with Gasteiger partial charge in [-0.15, -0.1) is 0 Å². The van der Waals surface area contributed by atoms with Crippen LogP contribution >= 0.6 is 15.9 Å². The number of furan rings is 1. The first kappa shape index (κ1) is 10.7. The van der Waals surface area contributed by atoms with E-state index in [1.165, 1.54) is 6.42 Å². The Morgan fingerprint density at radius 3 is 3.20 bits per heavy atom. The SMILES string of the molecule is O=C(c1ccco1)N1CCCC(CBr)C1. The normalized spacial score (nSPS) is 21.7. The molecule has 0 aromatic carbocycles. The molecule has 1 aromatic heterocycles. The van der Waals surface area contributed by atoms with Gasteiger partial charge in [0, 0.05) is 18.4 Å². The fourth-order valence-corrected chi connectivity index (χ4v) is 2.46. The molecule has 4 heteroatoms. The van der Waals surface area contributed by atoms with Gasteiger partial charge in [0.25, 0.3) is 5.91 Å². The Kier molecular flexibility index (Phi) is 3.46. The van der Waals surface area contributed by atoms with Crippen molar-refractivity contribution in [1.29, 1.82) is 0 Å². The van der Waals surface area contributed by atoms with E-state index in [2.05, 4.69) is 15.9 Å². The highest BCUT2D eigenvalue weighted by atomic mass is 79.9. The number of piperidine rings is 1. The topological polar surface area (TPSA) is 33.5 Å². The van der Waals surface area contributed by atoms with Crippen LogP contribution in [0.2, 0.25) is 0 Å². The maximum absolute atomic E-state index is 11.9. The van der Waals surface area contributed by atoms with Gasteiger partial charge in [0.05, 0.1) is 6.26 Å². The quantitative estimate of drug-likeness (QED) is 0.775. The van der Waals surface area contributed by atoms with Crippen LogP contribution in [-0.4, -0.2) is 29.2 Å². The summed E-state index contributed by atoms with van der Waals surface area (Å²) in [5.74, 6) is 1.05. The van der Waals surface area contributed by atoms with Crippen LogP contribution in [-0.2, 0) is 0 Å². The number of rotatable bonds is 2. The summed E-state index contributed by atoms with van der Waals surface area (Å²) in [6, 6.07) is 3.47. The average Bonchev–Trinajstić information content (AvgIpc) is 2.81. The Balaban J connectivity index is 2.01. The molecule has 0 spiro atoms. The maximum atomic E-state index is 11.9. The van der Waals surface area contributed by atoms with E-state index >= 15 is 0 Å². The second-order valence-corrected chi connectivity index (χ2v) is 4.54. The van der Waals surface area contributed by atoms with Crippen molar-refractivity contribution in [2.24, 2.45) is 5.92 Å². The number of likely N-dealkylation sites (tertiary alicyclic amines) is 1. The van der Waals surface area contributed by atoms with Gasteiger partial charge in [-0.25, -0.2) is 0 Å². The van der Waals surface area contributed by atoms with Crippen molar-refractivity contribution < 1.29 is 9.21 Å². The van der Waals surface area contributed by atoms with Crippen LogP contribution < -0.4 is 0 Å². The number of hydrogen-bond donors (Lipinski definition) is 0. The minimum atomic E-state index is 0.0191. The fourth-order valence-electron chi connectivity index (χ4n) is 1.93. The number of hydrogen-bond acceptors (Lipinski definition) is 2. The molecule has 1 fully saturated rings. The molecule has 1 amide bonds. The smallest absolute Gasteiger partial charge is 0.289 e. The van der Waals surface area contributed by atoms with E-state index < -0.39 is 0 Å². The largest absolute Gasteiger partial charge is 0.459 e. The molecular formula is C11H14BrNO2. The standard InChI is InChI=1S/C11H14BrNO2/c12-7-9-3-1-5-13(8-9)11(14)10-4-2-6-15-10/h2,4,6,9H,1,3,5,7-8H2. The number of halogens is 1. The average molecular weight is 272 g/mol. The Morgan fingerprint density at radius 2 is 2.53 bits per heavy atom. The lowest BCUT2D eigenvalue weighted by Gasteiger charge is -2.31. The minimum Gasteiger partial charge on any atom is -0.459 e. The zero-order valence-electron chi connectivity index (χ0n) is 8.49. The van der Waals surface area contributed by atoms with Crippen LogP contribution in [0.5, 0.6) is 0 Å². The maximum Gasteiger partial charge on any atom is 0.289 e. The van der Waals surface area contributed by atoms with Gasteiger partial charge in [-0.3, -0.25) is 4.79 Å². The Bertz CT molecular complexity index is 323. The molecule has 15 heavy (non-hydrogen) atoms. The molecule has 1 atom stereocenters. The van der Waals surface area contributed by atoms with Crippen LogP contribution in [0.3, 0.4) is 0 Å². The molecule has 1 unspecified atom stereocenters. The number of nitrogens with zero attached hydrogens (tertiary/aromatic N) is 1. The lowest BCUT2D eigenvalue weighted by molar-refractivity contribution is 0.0654. The lowest BCUT2D eigenvalue weighted by atomic mass is 10.00. The second-order valence-electron chi connectivity index (χ2n) is 3.89. The van der Waals surface area contributed by atoms with Gasteiger partial charge < -0.3 is 9.32 Å². The summed E-state index contributed by atoms with van der Waals surface area (Å²) in [5.41, 5.74) is 0. The first-order valence-corrected chi connectivity index (χ1v) is 6.32. The minimum absolute atomic E-state index is 0.0191. The van der Waals surface area contributed by atoms with Crippen molar-refractivity contribution in [2.75, 3.05) is 18.4 Å². The van der Waals surface area contributed by atoms with Gasteiger partial charge in [0.2, 0.25) is 0 Å². The van der Waals surface area contributed by atoms with E-state index in [1.807, 2.05) is 4.90 Å². The lowest BCUT2D eigenvalue weighted by Crippen LogP contribution is -2.40. The number of carbonyl (C=O) groups excluding carboxylic acids is 1. The van der Waals surface area contributed by atoms with Crippen LogP contribution in [0.1, 0.15) is 23.4 Å². The van der Waals surface area contributed by atoms with Crippen molar-refractivity contribution >= 4 is 21.8 Å². The highest BCUT2D eigenvalue weighted by Gasteiger charge is 2.24. The summed E-state index contributed by atoms with van der Waals surface area (Å²) >= 11 is 3.47. The second kappa shape index (κ2) is 4.84. The number of alkyl halides is 1. The highest BCUT2D eigenvalue weighted by molar-refractivity contribution is 9.09. The van der Waals surface area contributed by atoms with Gasteiger partial charge in [-0.05, 0) is 30.9 Å². The third-order valence-electron chi connectivity index (χ3n) is 2.76. The number of carbonyl (C=O) groups is 1. The third-order valence-corrected chi connectivity index (χ3v) is 3.67. The first-order valence-electron chi connectivity index (χ1n) is 5.20. The van der Waals surface area contributed by atoms with Gasteiger partial charge in [-0.1, -0.05) is 15.9 Å². The molecule has 0 aliphatic carbocycles. The predicted octanol–water partition coefficient (Wildman–Crippen LogP) is 2.53. The highest BCUT2D eigenvalue weighted by Crippen LogP contribution is 2.20. The summed E-state index contributed by atoms with van der Waals surface area (Å²) in [6.07, 6.45) is 3.83. The molecule has 1 saturated heterocycles. The molecule has 0 saturated carbocycles. The summed E-state index contributed by atoms with van der Waals surface area (Å²) in [5, 5.41) is 0.967. The van der Waals surface area contributed by atoms with Crippen LogP contribution in [0.15, 0.2) is 22.8 Å². The third kappa shape index (κ3) is 2.43. The molecule has 1 aliphatic rings. The Labute approximate surface area is 97.6 Å². The van der Waals surface area contributed by atoms with Gasteiger partial charge in [-0.2, -0.15) is 0 Å².